The van der Waals surface area contributed by atoms with Gasteiger partial charge in [0.2, 0.25) is 12.3 Å². The number of carbonyl (C=O) groups excluding carboxylic acids is 3. The predicted octanol–water partition coefficient (Wildman–Crippen LogP) is 2.27. The van der Waals surface area contributed by atoms with Crippen LogP contribution in [-0.2, 0) is 20.8 Å². The molecule has 176 valence electrons. The van der Waals surface area contributed by atoms with Crippen molar-refractivity contribution < 1.29 is 24.0 Å². The summed E-state index contributed by atoms with van der Waals surface area (Å²) in [6, 6.07) is 10.9. The number of benzene rings is 2. The highest BCUT2D eigenvalue weighted by Gasteiger charge is 2.22. The number of oxime groups is 1. The van der Waals surface area contributed by atoms with Gasteiger partial charge in [-0.15, -0.1) is 0 Å². The Morgan fingerprint density at radius 3 is 2.33 bits per heavy atom. The molecule has 0 unspecified atom stereocenters. The van der Waals surface area contributed by atoms with Crippen LogP contribution in [0.15, 0.2) is 47.6 Å². The maximum atomic E-state index is 12.8. The van der Waals surface area contributed by atoms with Crippen LogP contribution in [0, 0.1) is 0 Å². The van der Waals surface area contributed by atoms with E-state index in [1.165, 1.54) is 20.2 Å². The summed E-state index contributed by atoms with van der Waals surface area (Å²) in [5, 5.41) is 11.8. The molecule has 0 aliphatic rings. The van der Waals surface area contributed by atoms with E-state index in [-0.39, 0.29) is 24.3 Å². The second kappa shape index (κ2) is 12.4. The first-order valence-corrected chi connectivity index (χ1v) is 10.6. The van der Waals surface area contributed by atoms with E-state index < -0.39 is 11.9 Å². The minimum absolute atomic E-state index is 0.0581. The summed E-state index contributed by atoms with van der Waals surface area (Å²) in [6.07, 6.45) is 0.680. The molecule has 0 saturated heterocycles. The number of carbonyl (C=O) groups is 3. The fourth-order valence-electron chi connectivity index (χ4n) is 2.96. The zero-order chi connectivity index (χ0) is 24.4. The molecule has 0 aliphatic carbocycles. The number of nitrogens with zero attached hydrogens (tertiary/aromatic N) is 1. The highest BCUT2D eigenvalue weighted by Crippen LogP contribution is 2.26. The van der Waals surface area contributed by atoms with Gasteiger partial charge in [0.05, 0.1) is 11.1 Å². The summed E-state index contributed by atoms with van der Waals surface area (Å²) in [5.74, 6) is -0.0611. The van der Waals surface area contributed by atoms with Crippen molar-refractivity contribution in [2.45, 2.75) is 32.4 Å². The molecule has 2 aromatic rings. The Morgan fingerprint density at radius 2 is 1.79 bits per heavy atom. The number of hydrogen-bond acceptors (Lipinski definition) is 6. The van der Waals surface area contributed by atoms with Gasteiger partial charge in [-0.3, -0.25) is 14.4 Å². The van der Waals surface area contributed by atoms with Gasteiger partial charge in [0.1, 0.15) is 18.9 Å². The minimum atomic E-state index is -0.820. The summed E-state index contributed by atoms with van der Waals surface area (Å²) in [7, 11) is 2.87. The number of amidine groups is 1. The highest BCUT2D eigenvalue weighted by molar-refractivity contribution is 6.32. The maximum absolute atomic E-state index is 12.8. The maximum Gasteiger partial charge on any atom is 0.251 e. The molecule has 0 spiro atoms. The summed E-state index contributed by atoms with van der Waals surface area (Å²) < 4.78 is 5.58. The van der Waals surface area contributed by atoms with Gasteiger partial charge in [-0.05, 0) is 37.6 Å². The number of halogens is 1. The molecule has 2 aromatic carbocycles. The number of likely N-dealkylation sites (N-methyl/N-ethyl adjacent to an activating group) is 1. The van der Waals surface area contributed by atoms with Crippen LogP contribution in [0.1, 0.15) is 35.3 Å². The molecule has 2 rings (SSSR count). The third kappa shape index (κ3) is 7.50. The lowest BCUT2D eigenvalue weighted by Gasteiger charge is -2.18. The lowest BCUT2D eigenvalue weighted by molar-refractivity contribution is -0.122. The summed E-state index contributed by atoms with van der Waals surface area (Å²) >= 11 is 6.23. The fraction of sp³-hybridized carbons (Fsp3) is 0.304. The van der Waals surface area contributed by atoms with Gasteiger partial charge in [-0.25, -0.2) is 0 Å². The normalized spacial score (nSPS) is 12.0. The Labute approximate surface area is 197 Å². The second-order valence-corrected chi connectivity index (χ2v) is 7.65. The van der Waals surface area contributed by atoms with E-state index in [0.29, 0.717) is 28.3 Å². The molecule has 0 fully saturated rings. The number of ether oxygens (including phenoxy) is 1. The Kier molecular flexibility index (Phi) is 9.68. The lowest BCUT2D eigenvalue weighted by atomic mass is 10.0. The van der Waals surface area contributed by atoms with Crippen LogP contribution in [0.5, 0.6) is 5.75 Å². The number of hydrogen-bond donors (Lipinski definition) is 3. The van der Waals surface area contributed by atoms with E-state index >= 15 is 0 Å². The molecule has 10 heteroatoms. The van der Waals surface area contributed by atoms with Crippen LogP contribution in [0.25, 0.3) is 0 Å². The molecular weight excluding hydrogens is 448 g/mol. The smallest absolute Gasteiger partial charge is 0.251 e. The Balaban J connectivity index is 2.16. The molecule has 0 aromatic heterocycles. The van der Waals surface area contributed by atoms with Crippen LogP contribution in [0.3, 0.4) is 0 Å². The zero-order valence-electron chi connectivity index (χ0n) is 18.8. The fourth-order valence-corrected chi connectivity index (χ4v) is 3.19. The summed E-state index contributed by atoms with van der Waals surface area (Å²) in [6.45, 7) is 3.75. The monoisotopic (exact) mass is 474 g/mol. The van der Waals surface area contributed by atoms with E-state index in [0.717, 1.165) is 5.56 Å². The van der Waals surface area contributed by atoms with E-state index in [9.17, 15) is 14.4 Å². The van der Waals surface area contributed by atoms with Crippen molar-refractivity contribution in [3.8, 4) is 5.75 Å². The van der Waals surface area contributed by atoms with Gasteiger partial charge in [0.15, 0.2) is 5.84 Å². The van der Waals surface area contributed by atoms with Crippen LogP contribution in [0.2, 0.25) is 5.02 Å². The topological polar surface area (TPSA) is 118 Å². The minimum Gasteiger partial charge on any atom is -0.489 e. The Hall–Kier alpha value is -3.59. The number of amides is 3. The number of rotatable bonds is 10. The predicted molar refractivity (Wildman–Crippen MR) is 125 cm³/mol. The van der Waals surface area contributed by atoms with Crippen LogP contribution < -0.4 is 20.7 Å². The van der Waals surface area contributed by atoms with Gasteiger partial charge < -0.3 is 25.5 Å². The van der Waals surface area contributed by atoms with E-state index in [1.54, 1.807) is 36.4 Å². The largest absolute Gasteiger partial charge is 0.489 e. The standard InChI is InChI=1S/C23H27ClN4O5/c1-14(2)33-20-10-9-17(12-18(20)24)22(30)27-19(23(31)25-3)11-15-5-7-16(8-6-15)21(26-13-29)28-32-4/h5-10,12-14,19H,11H2,1-4H3,(H,25,31)(H,27,30)(H,26,28,29)/t19-/m0/s1. The van der Waals surface area contributed by atoms with Gasteiger partial charge in [0.25, 0.3) is 5.91 Å². The van der Waals surface area contributed by atoms with Crippen molar-refractivity contribution in [2.24, 2.45) is 5.16 Å². The summed E-state index contributed by atoms with van der Waals surface area (Å²) in [5.41, 5.74) is 1.71. The van der Waals surface area contributed by atoms with Gasteiger partial charge in [0, 0.05) is 24.6 Å². The molecule has 9 nitrogen and oxygen atoms in total. The van der Waals surface area contributed by atoms with E-state index in [1.807, 2.05) is 13.8 Å². The first kappa shape index (κ1) is 25.7. The van der Waals surface area contributed by atoms with Crippen molar-refractivity contribution in [1.82, 2.24) is 16.0 Å². The second-order valence-electron chi connectivity index (χ2n) is 7.24. The number of nitrogens with one attached hydrogen (secondary N) is 3. The molecule has 3 N–H and O–H groups in total. The van der Waals surface area contributed by atoms with Crippen LogP contribution in [-0.4, -0.2) is 50.4 Å². The first-order valence-electron chi connectivity index (χ1n) is 10.2. The summed E-state index contributed by atoms with van der Waals surface area (Å²) in [4.78, 5) is 40.7. The molecule has 0 radical (unpaired) electrons. The molecule has 0 aliphatic heterocycles. The van der Waals surface area contributed by atoms with Crippen LogP contribution >= 0.6 is 11.6 Å². The van der Waals surface area contributed by atoms with Gasteiger partial charge >= 0.3 is 0 Å². The average molecular weight is 475 g/mol. The van der Waals surface area contributed by atoms with Gasteiger partial charge in [-0.1, -0.05) is 41.0 Å². The van der Waals surface area contributed by atoms with Crippen LogP contribution in [0.4, 0.5) is 0 Å². The van der Waals surface area contributed by atoms with E-state index in [4.69, 9.17) is 21.2 Å². The third-order valence-electron chi connectivity index (χ3n) is 4.47. The molecule has 0 heterocycles. The quantitative estimate of drug-likeness (QED) is 0.211. The average Bonchev–Trinajstić information content (AvgIpc) is 2.79. The van der Waals surface area contributed by atoms with Gasteiger partial charge in [-0.2, -0.15) is 0 Å². The molecule has 0 bridgehead atoms. The third-order valence-corrected chi connectivity index (χ3v) is 4.77. The van der Waals surface area contributed by atoms with Crippen molar-refractivity contribution in [3.63, 3.8) is 0 Å². The first-order chi connectivity index (χ1) is 15.8. The SMILES string of the molecule is CNC(=O)[C@H](Cc1ccc(/C(=N/OC)NC=O)cc1)NC(=O)c1ccc(OC(C)C)c(Cl)c1. The Morgan fingerprint density at radius 1 is 1.12 bits per heavy atom. The Bertz CT molecular complexity index is 1010. The van der Waals surface area contributed by atoms with E-state index in [2.05, 4.69) is 21.1 Å². The van der Waals surface area contributed by atoms with Crippen molar-refractivity contribution >= 4 is 35.7 Å². The molecule has 1 atom stereocenters. The van der Waals surface area contributed by atoms with Crippen molar-refractivity contribution in [3.05, 3.63) is 64.2 Å². The van der Waals surface area contributed by atoms with Crippen molar-refractivity contribution in [1.29, 1.82) is 0 Å². The highest BCUT2D eigenvalue weighted by atomic mass is 35.5. The lowest BCUT2D eigenvalue weighted by Crippen LogP contribution is -2.47. The van der Waals surface area contributed by atoms with Crippen molar-refractivity contribution in [2.75, 3.05) is 14.2 Å². The molecule has 33 heavy (non-hydrogen) atoms. The molecule has 3 amide bonds. The molecular formula is C23H27ClN4O5. The molecule has 0 saturated carbocycles. The zero-order valence-corrected chi connectivity index (χ0v) is 19.6.